The molecule has 0 aliphatic carbocycles. The molecule has 1 saturated heterocycles. The van der Waals surface area contributed by atoms with Crippen molar-refractivity contribution in [2.45, 2.75) is 12.8 Å². The first-order chi connectivity index (χ1) is 9.01. The van der Waals surface area contributed by atoms with Gasteiger partial charge in [0.05, 0.1) is 7.11 Å². The van der Waals surface area contributed by atoms with E-state index in [1.54, 1.807) is 12.1 Å². The van der Waals surface area contributed by atoms with Crippen LogP contribution in [0, 0.1) is 5.92 Å². The molecule has 4 N–H and O–H groups in total. The molecule has 102 valence electrons. The molecule has 2 amide bonds. The molecule has 0 aromatic heterocycles. The Morgan fingerprint density at radius 2 is 1.89 bits per heavy atom. The summed E-state index contributed by atoms with van der Waals surface area (Å²) in [5.41, 5.74) is 0.668. The minimum Gasteiger partial charge on any atom is -0.504 e. The van der Waals surface area contributed by atoms with E-state index in [2.05, 4.69) is 10.6 Å². The molecule has 2 rings (SSSR count). The molecule has 0 saturated carbocycles. The van der Waals surface area contributed by atoms with Gasteiger partial charge in [-0.15, -0.1) is 0 Å². The highest BCUT2D eigenvalue weighted by Gasteiger charge is 2.33. The third-order valence-corrected chi connectivity index (χ3v) is 2.87. The van der Waals surface area contributed by atoms with Crippen molar-refractivity contribution in [2.24, 2.45) is 5.92 Å². The molecular weight excluding hydrogens is 252 g/mol. The van der Waals surface area contributed by atoms with Crippen LogP contribution < -0.4 is 15.4 Å². The van der Waals surface area contributed by atoms with Crippen LogP contribution in [0.3, 0.4) is 0 Å². The third-order valence-electron chi connectivity index (χ3n) is 2.87. The fourth-order valence-electron chi connectivity index (χ4n) is 1.90. The summed E-state index contributed by atoms with van der Waals surface area (Å²) in [6, 6.07) is 4.59. The van der Waals surface area contributed by atoms with Gasteiger partial charge in [0, 0.05) is 0 Å². The average Bonchev–Trinajstić information content (AvgIpc) is 2.35. The van der Waals surface area contributed by atoms with E-state index in [9.17, 15) is 14.7 Å². The van der Waals surface area contributed by atoms with Crippen molar-refractivity contribution >= 4 is 11.8 Å². The molecule has 0 unspecified atom stereocenters. The number of amides is 2. The number of phenols is 1. The fraction of sp³-hybridized carbons (Fsp3) is 0.333. The van der Waals surface area contributed by atoms with Crippen LogP contribution >= 0.6 is 0 Å². The summed E-state index contributed by atoms with van der Waals surface area (Å²) in [6.45, 7) is 0. The smallest absolute Gasteiger partial charge is 0.236 e. The van der Waals surface area contributed by atoms with Gasteiger partial charge in [0.1, 0.15) is 5.92 Å². The Hall–Kier alpha value is -2.28. The zero-order chi connectivity index (χ0) is 14.0. The maximum absolute atomic E-state index is 11.6. The zero-order valence-electron chi connectivity index (χ0n) is 10.2. The van der Waals surface area contributed by atoms with Gasteiger partial charge in [0.25, 0.3) is 0 Å². The van der Waals surface area contributed by atoms with E-state index in [1.807, 2.05) is 0 Å². The molecule has 1 aromatic carbocycles. The maximum atomic E-state index is 11.6. The van der Waals surface area contributed by atoms with Gasteiger partial charge >= 0.3 is 0 Å². The molecule has 19 heavy (non-hydrogen) atoms. The Morgan fingerprint density at radius 1 is 1.26 bits per heavy atom. The molecule has 7 nitrogen and oxygen atoms in total. The number of aliphatic hydroxyl groups is 1. The molecule has 1 fully saturated rings. The van der Waals surface area contributed by atoms with Crippen molar-refractivity contribution < 1.29 is 24.5 Å². The minimum absolute atomic E-state index is 0.0146. The molecule has 1 aliphatic heterocycles. The average molecular weight is 266 g/mol. The Morgan fingerprint density at radius 3 is 2.47 bits per heavy atom. The number of hydrogen-bond donors (Lipinski definition) is 4. The van der Waals surface area contributed by atoms with Gasteiger partial charge in [-0.1, -0.05) is 6.07 Å². The minimum atomic E-state index is -1.34. The van der Waals surface area contributed by atoms with Crippen LogP contribution in [0.4, 0.5) is 0 Å². The maximum Gasteiger partial charge on any atom is 0.236 e. The normalized spacial score (nSPS) is 22.6. The topological polar surface area (TPSA) is 108 Å². The summed E-state index contributed by atoms with van der Waals surface area (Å²) in [4.78, 5) is 23.3. The number of hydrogen-bond acceptors (Lipinski definition) is 5. The van der Waals surface area contributed by atoms with Crippen LogP contribution in [-0.2, 0) is 16.0 Å². The summed E-state index contributed by atoms with van der Waals surface area (Å²) < 4.78 is 4.95. The molecule has 0 radical (unpaired) electrons. The highest BCUT2D eigenvalue weighted by molar-refractivity contribution is 6.02. The van der Waals surface area contributed by atoms with E-state index >= 15 is 0 Å². The first-order valence-corrected chi connectivity index (χ1v) is 5.66. The van der Waals surface area contributed by atoms with E-state index in [1.165, 1.54) is 13.2 Å². The lowest BCUT2D eigenvalue weighted by atomic mass is 9.96. The second-order valence-corrected chi connectivity index (χ2v) is 4.18. The monoisotopic (exact) mass is 266 g/mol. The Bertz CT molecular complexity index is 499. The van der Waals surface area contributed by atoms with Crippen LogP contribution in [0.15, 0.2) is 18.2 Å². The number of aromatic hydroxyl groups is 1. The summed E-state index contributed by atoms with van der Waals surface area (Å²) in [6.07, 6.45) is -1.19. The summed E-state index contributed by atoms with van der Waals surface area (Å²) >= 11 is 0. The van der Waals surface area contributed by atoms with Crippen LogP contribution in [0.2, 0.25) is 0 Å². The van der Waals surface area contributed by atoms with Gasteiger partial charge in [0.15, 0.2) is 11.5 Å². The molecule has 1 aliphatic rings. The third kappa shape index (κ3) is 2.76. The molecule has 0 bridgehead atoms. The van der Waals surface area contributed by atoms with Gasteiger partial charge in [-0.3, -0.25) is 9.59 Å². The largest absolute Gasteiger partial charge is 0.504 e. The van der Waals surface area contributed by atoms with E-state index in [-0.39, 0.29) is 17.9 Å². The first kappa shape index (κ1) is 13.2. The number of rotatable bonds is 3. The summed E-state index contributed by atoms with van der Waals surface area (Å²) in [5.74, 6) is -1.74. The van der Waals surface area contributed by atoms with E-state index in [0.717, 1.165) is 0 Å². The lowest BCUT2D eigenvalue weighted by Crippen LogP contribution is -2.59. The van der Waals surface area contributed by atoms with Crippen molar-refractivity contribution in [3.8, 4) is 11.5 Å². The number of phenolic OH excluding ortho intramolecular Hbond substituents is 1. The van der Waals surface area contributed by atoms with Crippen LogP contribution in [0.1, 0.15) is 5.56 Å². The Kier molecular flexibility index (Phi) is 3.57. The number of carbonyl (C=O) groups excluding carboxylic acids is 2. The van der Waals surface area contributed by atoms with Crippen molar-refractivity contribution in [1.82, 2.24) is 10.6 Å². The van der Waals surface area contributed by atoms with Crippen LogP contribution in [0.25, 0.3) is 0 Å². The summed E-state index contributed by atoms with van der Waals surface area (Å²) in [7, 11) is 1.41. The highest BCUT2D eigenvalue weighted by atomic mass is 16.5. The van der Waals surface area contributed by atoms with E-state index < -0.39 is 24.1 Å². The number of methoxy groups -OCH3 is 1. The van der Waals surface area contributed by atoms with Crippen molar-refractivity contribution in [3.63, 3.8) is 0 Å². The van der Waals surface area contributed by atoms with Gasteiger partial charge in [-0.05, 0) is 24.1 Å². The standard InChI is InChI=1S/C12H14N2O5/c1-19-9-5-6(2-3-8(9)15)4-7-10(16)13-12(18)14-11(7)17/h2-3,5,7,12,15,18H,4H2,1H3,(H,13,16)(H,14,17). The van der Waals surface area contributed by atoms with Crippen molar-refractivity contribution in [2.75, 3.05) is 7.11 Å². The van der Waals surface area contributed by atoms with E-state index in [4.69, 9.17) is 9.84 Å². The van der Waals surface area contributed by atoms with Crippen molar-refractivity contribution in [3.05, 3.63) is 23.8 Å². The van der Waals surface area contributed by atoms with Crippen LogP contribution in [0.5, 0.6) is 11.5 Å². The lowest BCUT2D eigenvalue weighted by molar-refractivity contribution is -0.145. The molecule has 1 heterocycles. The number of benzene rings is 1. The fourth-order valence-corrected chi connectivity index (χ4v) is 1.90. The first-order valence-electron chi connectivity index (χ1n) is 5.66. The van der Waals surface area contributed by atoms with Crippen LogP contribution in [-0.4, -0.2) is 35.5 Å². The second-order valence-electron chi connectivity index (χ2n) is 4.18. The molecular formula is C12H14N2O5. The second kappa shape index (κ2) is 5.15. The molecule has 1 aromatic rings. The van der Waals surface area contributed by atoms with Gasteiger partial charge in [-0.2, -0.15) is 0 Å². The zero-order valence-corrected chi connectivity index (χ0v) is 10.2. The van der Waals surface area contributed by atoms with Gasteiger partial charge in [0.2, 0.25) is 18.2 Å². The Balaban J connectivity index is 2.16. The predicted octanol–water partition coefficient (Wildman–Crippen LogP) is -0.919. The Labute approximate surface area is 109 Å². The molecule has 0 atom stereocenters. The molecule has 0 spiro atoms. The highest BCUT2D eigenvalue weighted by Crippen LogP contribution is 2.27. The SMILES string of the molecule is COc1cc(CC2C(=O)NC(O)NC2=O)ccc1O. The van der Waals surface area contributed by atoms with Gasteiger partial charge in [-0.25, -0.2) is 0 Å². The van der Waals surface area contributed by atoms with Gasteiger partial charge < -0.3 is 25.6 Å². The van der Waals surface area contributed by atoms with Crippen molar-refractivity contribution in [1.29, 1.82) is 0 Å². The number of carbonyl (C=O) groups is 2. The predicted molar refractivity (Wildman–Crippen MR) is 64.1 cm³/mol. The summed E-state index contributed by atoms with van der Waals surface area (Å²) in [5, 5.41) is 23.0. The van der Waals surface area contributed by atoms with E-state index in [0.29, 0.717) is 5.56 Å². The molecule has 7 heteroatoms. The number of ether oxygens (including phenoxy) is 1. The quantitative estimate of drug-likeness (QED) is 0.529. The number of nitrogens with one attached hydrogen (secondary N) is 2. The lowest BCUT2D eigenvalue weighted by Gasteiger charge is -2.26. The number of aliphatic hydroxyl groups excluding tert-OH is 1.